The van der Waals surface area contributed by atoms with Gasteiger partial charge in [-0.1, -0.05) is 0 Å². The Hall–Kier alpha value is -2.61. The van der Waals surface area contributed by atoms with Gasteiger partial charge in [0, 0.05) is 0 Å². The number of aromatic nitrogens is 1. The van der Waals surface area contributed by atoms with Crippen LogP contribution < -0.4 is 10.5 Å². The number of carbonyl (C=O) groups excluding carboxylic acids is 2. The van der Waals surface area contributed by atoms with Crippen molar-refractivity contribution in [3.8, 4) is 5.75 Å². The number of hydrogen-bond acceptors (Lipinski definition) is 8. The van der Waals surface area contributed by atoms with Crippen molar-refractivity contribution in [1.29, 1.82) is 0 Å². The van der Waals surface area contributed by atoms with E-state index in [1.807, 2.05) is 13.0 Å². The minimum atomic E-state index is -0.826. The molecule has 0 radical (unpaired) electrons. The van der Waals surface area contributed by atoms with E-state index >= 15 is 0 Å². The highest BCUT2D eigenvalue weighted by molar-refractivity contribution is 7.19. The Morgan fingerprint density at radius 2 is 1.72 bits per heavy atom. The smallest absolute Gasteiger partial charge is 0.347 e. The molecule has 1 aromatic carbocycles. The molecule has 0 aliphatic rings. The minimum Gasteiger partial charge on any atom is -0.494 e. The van der Waals surface area contributed by atoms with E-state index in [4.69, 9.17) is 19.9 Å². The lowest BCUT2D eigenvalue weighted by atomic mass is 10.2. The van der Waals surface area contributed by atoms with Crippen LogP contribution in [-0.2, 0) is 19.1 Å². The monoisotopic (exact) mass is 364 g/mol. The number of fused-ring (bicyclic) bond motifs is 1. The molecule has 0 aliphatic heterocycles. The molecule has 0 amide bonds. The van der Waals surface area contributed by atoms with Crippen LogP contribution in [0.1, 0.15) is 25.8 Å². The zero-order chi connectivity index (χ0) is 18.4. The number of esters is 2. The largest absolute Gasteiger partial charge is 0.494 e. The Bertz CT molecular complexity index is 792. The molecule has 0 saturated heterocycles. The second kappa shape index (κ2) is 8.48. The summed E-state index contributed by atoms with van der Waals surface area (Å²) in [5.41, 5.74) is 6.35. The maximum absolute atomic E-state index is 12.1. The molecule has 0 unspecified atom stereocenters. The van der Waals surface area contributed by atoms with E-state index in [-0.39, 0.29) is 24.5 Å². The number of nitrogens with two attached hydrogens (primary N) is 1. The number of thiazole rings is 1. The number of ether oxygens (including phenoxy) is 3. The van der Waals surface area contributed by atoms with Crippen molar-refractivity contribution in [1.82, 2.24) is 4.98 Å². The highest BCUT2D eigenvalue weighted by Gasteiger charge is 2.27. The molecular formula is C17H20N2O5S. The van der Waals surface area contributed by atoms with Gasteiger partial charge >= 0.3 is 11.9 Å². The molecule has 0 aliphatic carbocycles. The molecule has 25 heavy (non-hydrogen) atoms. The first-order valence-electron chi connectivity index (χ1n) is 7.89. The number of benzene rings is 1. The summed E-state index contributed by atoms with van der Waals surface area (Å²) in [6, 6.07) is 5.43. The summed E-state index contributed by atoms with van der Waals surface area (Å²) in [5.74, 6) is -0.941. The molecule has 8 heteroatoms. The van der Waals surface area contributed by atoms with Gasteiger partial charge in [-0.15, -0.1) is 11.3 Å². The number of carbonyl (C=O) groups is 2. The molecule has 0 atom stereocenters. The number of rotatable bonds is 7. The van der Waals surface area contributed by atoms with Crippen LogP contribution in [0.4, 0.5) is 0 Å². The molecule has 2 N–H and O–H groups in total. The first-order chi connectivity index (χ1) is 12.0. The molecule has 1 heterocycles. The van der Waals surface area contributed by atoms with E-state index < -0.39 is 11.9 Å². The predicted molar refractivity (Wildman–Crippen MR) is 95.2 cm³/mol. The normalized spacial score (nSPS) is 10.4. The average molecular weight is 364 g/mol. The minimum absolute atomic E-state index is 0.0592. The van der Waals surface area contributed by atoms with Crippen molar-refractivity contribution in [2.75, 3.05) is 19.8 Å². The summed E-state index contributed by atoms with van der Waals surface area (Å²) in [7, 11) is 0. The summed E-state index contributed by atoms with van der Waals surface area (Å²) in [4.78, 5) is 28.6. The van der Waals surface area contributed by atoms with Crippen LogP contribution in [0.5, 0.6) is 5.75 Å². The third-order valence-corrected chi connectivity index (χ3v) is 4.18. The van der Waals surface area contributed by atoms with Crippen molar-refractivity contribution in [2.24, 2.45) is 5.73 Å². The van der Waals surface area contributed by atoms with Crippen LogP contribution in [0, 0.1) is 0 Å². The average Bonchev–Trinajstić information content (AvgIpc) is 2.99. The molecular weight excluding hydrogens is 344 g/mol. The fourth-order valence-electron chi connectivity index (χ4n) is 2.09. The van der Waals surface area contributed by atoms with Crippen LogP contribution in [0.2, 0.25) is 0 Å². The standard InChI is InChI=1S/C17H20N2O5S/c1-4-22-10-7-8-11-12(9-10)25-15(19-11)14(18)13(16(20)23-5-2)17(21)24-6-3/h7-9H,4-6,18H2,1-3H3. The summed E-state index contributed by atoms with van der Waals surface area (Å²) in [6.07, 6.45) is 0. The third-order valence-electron chi connectivity index (χ3n) is 3.13. The van der Waals surface area contributed by atoms with Crippen LogP contribution >= 0.6 is 11.3 Å². The van der Waals surface area contributed by atoms with E-state index in [2.05, 4.69) is 4.98 Å². The first-order valence-corrected chi connectivity index (χ1v) is 8.71. The van der Waals surface area contributed by atoms with Crippen LogP contribution in [0.15, 0.2) is 23.8 Å². The van der Waals surface area contributed by atoms with E-state index in [0.29, 0.717) is 22.9 Å². The highest BCUT2D eigenvalue weighted by Crippen LogP contribution is 2.30. The van der Waals surface area contributed by atoms with Crippen LogP contribution in [0.3, 0.4) is 0 Å². The van der Waals surface area contributed by atoms with E-state index in [0.717, 1.165) is 4.70 Å². The summed E-state index contributed by atoms with van der Waals surface area (Å²) >= 11 is 1.26. The lowest BCUT2D eigenvalue weighted by Crippen LogP contribution is -2.22. The Kier molecular flexibility index (Phi) is 6.35. The van der Waals surface area contributed by atoms with E-state index in [9.17, 15) is 9.59 Å². The zero-order valence-corrected chi connectivity index (χ0v) is 15.1. The molecule has 0 saturated carbocycles. The van der Waals surface area contributed by atoms with Crippen molar-refractivity contribution in [3.05, 3.63) is 28.8 Å². The maximum Gasteiger partial charge on any atom is 0.347 e. The Balaban J connectivity index is 2.49. The van der Waals surface area contributed by atoms with Crippen molar-refractivity contribution >= 4 is 39.2 Å². The number of hydrogen-bond donors (Lipinski definition) is 1. The quantitative estimate of drug-likeness (QED) is 0.348. The molecule has 0 fully saturated rings. The molecule has 134 valence electrons. The van der Waals surface area contributed by atoms with Gasteiger partial charge in [0.05, 0.1) is 35.7 Å². The molecule has 2 aromatic rings. The van der Waals surface area contributed by atoms with Crippen LogP contribution in [0.25, 0.3) is 15.9 Å². The fourth-order valence-corrected chi connectivity index (χ4v) is 3.05. The third kappa shape index (κ3) is 4.27. The lowest BCUT2D eigenvalue weighted by molar-refractivity contribution is -0.146. The molecule has 7 nitrogen and oxygen atoms in total. The zero-order valence-electron chi connectivity index (χ0n) is 14.3. The van der Waals surface area contributed by atoms with Crippen LogP contribution in [-0.4, -0.2) is 36.7 Å². The Morgan fingerprint density at radius 3 is 2.28 bits per heavy atom. The van der Waals surface area contributed by atoms with Gasteiger partial charge in [0.1, 0.15) is 10.8 Å². The maximum atomic E-state index is 12.1. The molecule has 1 aromatic heterocycles. The van der Waals surface area contributed by atoms with Crippen molar-refractivity contribution < 1.29 is 23.8 Å². The van der Waals surface area contributed by atoms with E-state index in [1.54, 1.807) is 26.0 Å². The van der Waals surface area contributed by atoms with Gasteiger partial charge in [-0.05, 0) is 39.0 Å². The predicted octanol–water partition coefficient (Wildman–Crippen LogP) is 2.49. The number of nitrogens with zero attached hydrogens (tertiary/aromatic N) is 1. The summed E-state index contributed by atoms with van der Waals surface area (Å²) in [5, 5.41) is 0.347. The van der Waals surface area contributed by atoms with Gasteiger partial charge in [-0.25, -0.2) is 14.6 Å². The summed E-state index contributed by atoms with van der Waals surface area (Å²) < 4.78 is 16.1. The van der Waals surface area contributed by atoms with Gasteiger partial charge in [-0.2, -0.15) is 0 Å². The topological polar surface area (TPSA) is 101 Å². The van der Waals surface area contributed by atoms with Gasteiger partial charge in [0.15, 0.2) is 5.57 Å². The molecule has 0 spiro atoms. The van der Waals surface area contributed by atoms with Gasteiger partial charge in [0.25, 0.3) is 0 Å². The second-order valence-corrected chi connectivity index (χ2v) is 5.84. The second-order valence-electron chi connectivity index (χ2n) is 4.81. The van der Waals surface area contributed by atoms with E-state index in [1.165, 1.54) is 11.3 Å². The van der Waals surface area contributed by atoms with Gasteiger partial charge in [-0.3, -0.25) is 0 Å². The summed E-state index contributed by atoms with van der Waals surface area (Å²) in [6.45, 7) is 5.97. The molecule has 2 rings (SSSR count). The first kappa shape index (κ1) is 18.7. The van der Waals surface area contributed by atoms with Gasteiger partial charge in [0.2, 0.25) is 0 Å². The Labute approximate surface area is 149 Å². The molecule has 0 bridgehead atoms. The SMILES string of the molecule is CCOC(=O)C(C(=O)OCC)=C(N)c1nc2ccc(OCC)cc2s1. The van der Waals surface area contributed by atoms with Crippen molar-refractivity contribution in [3.63, 3.8) is 0 Å². The van der Waals surface area contributed by atoms with Gasteiger partial charge < -0.3 is 19.9 Å². The fraction of sp³-hybridized carbons (Fsp3) is 0.353. The Morgan fingerprint density at radius 1 is 1.08 bits per heavy atom. The van der Waals surface area contributed by atoms with Crippen molar-refractivity contribution in [2.45, 2.75) is 20.8 Å². The lowest BCUT2D eigenvalue weighted by Gasteiger charge is -2.08. The highest BCUT2D eigenvalue weighted by atomic mass is 32.1.